The van der Waals surface area contributed by atoms with E-state index in [1.165, 1.54) is 11.3 Å². The summed E-state index contributed by atoms with van der Waals surface area (Å²) in [5.74, 6) is 0.364. The molecule has 1 aromatic heterocycles. The summed E-state index contributed by atoms with van der Waals surface area (Å²) in [6, 6.07) is 2.03. The lowest BCUT2D eigenvalue weighted by Crippen LogP contribution is -2.11. The van der Waals surface area contributed by atoms with Crippen LogP contribution in [-0.4, -0.2) is 12.7 Å². The first-order valence-corrected chi connectivity index (χ1v) is 6.87. The summed E-state index contributed by atoms with van der Waals surface area (Å²) in [4.78, 5) is 0.445. The number of nitrogens with two attached hydrogens (primary N) is 1. The maximum Gasteiger partial charge on any atom is 0.389 e. The topological polar surface area (TPSA) is 61.8 Å². The first kappa shape index (κ1) is 14.0. The maximum atomic E-state index is 12.0. The van der Waals surface area contributed by atoms with E-state index in [4.69, 9.17) is 11.0 Å². The number of hydrogen-bond donors (Lipinski definition) is 2. The molecule has 1 fully saturated rings. The minimum atomic E-state index is -4.12. The summed E-state index contributed by atoms with van der Waals surface area (Å²) in [6.45, 7) is 0.240. The van der Waals surface area contributed by atoms with Gasteiger partial charge in [0.1, 0.15) is 10.9 Å². The van der Waals surface area contributed by atoms with Crippen molar-refractivity contribution in [2.45, 2.75) is 37.8 Å². The number of nitrogens with one attached hydrogen (secondary N) is 1. The Labute approximate surface area is 113 Å². The Hall–Kier alpha value is -1.42. The van der Waals surface area contributed by atoms with Gasteiger partial charge in [0.2, 0.25) is 0 Å². The third kappa shape index (κ3) is 3.53. The number of alkyl halides is 3. The van der Waals surface area contributed by atoms with Crippen molar-refractivity contribution < 1.29 is 13.2 Å². The van der Waals surface area contributed by atoms with Gasteiger partial charge in [-0.25, -0.2) is 0 Å². The Bertz CT molecular complexity index is 498. The highest BCUT2D eigenvalue weighted by Gasteiger charge is 2.31. The molecule has 0 aromatic carbocycles. The van der Waals surface area contributed by atoms with Crippen LogP contribution < -0.4 is 11.1 Å². The Morgan fingerprint density at radius 2 is 2.11 bits per heavy atom. The van der Waals surface area contributed by atoms with Crippen molar-refractivity contribution in [2.75, 3.05) is 17.6 Å². The molecule has 0 bridgehead atoms. The normalized spacial score (nSPS) is 15.3. The molecular weight excluding hydrogens is 275 g/mol. The van der Waals surface area contributed by atoms with Gasteiger partial charge in [-0.2, -0.15) is 18.4 Å². The van der Waals surface area contributed by atoms with Gasteiger partial charge in [-0.05, 0) is 25.2 Å². The first-order valence-electron chi connectivity index (χ1n) is 6.05. The quantitative estimate of drug-likeness (QED) is 0.810. The number of halogens is 3. The monoisotopic (exact) mass is 289 g/mol. The van der Waals surface area contributed by atoms with E-state index >= 15 is 0 Å². The van der Waals surface area contributed by atoms with E-state index in [9.17, 15) is 13.2 Å². The third-order valence-electron chi connectivity index (χ3n) is 2.99. The average Bonchev–Trinajstić information content (AvgIpc) is 3.09. The molecule has 3 nitrogen and oxygen atoms in total. The first-order chi connectivity index (χ1) is 8.92. The molecule has 0 atom stereocenters. The van der Waals surface area contributed by atoms with E-state index in [2.05, 4.69) is 5.32 Å². The summed E-state index contributed by atoms with van der Waals surface area (Å²) < 4.78 is 36.1. The Morgan fingerprint density at radius 3 is 2.63 bits per heavy atom. The molecule has 1 saturated carbocycles. The lowest BCUT2D eigenvalue weighted by molar-refractivity contribution is -0.134. The fraction of sp³-hybridized carbons (Fsp3) is 0.583. The summed E-state index contributed by atoms with van der Waals surface area (Å²) in [5.41, 5.74) is 7.32. The number of nitriles is 1. The second-order valence-corrected chi connectivity index (χ2v) is 5.64. The lowest BCUT2D eigenvalue weighted by atomic mass is 10.1. The van der Waals surface area contributed by atoms with Gasteiger partial charge >= 0.3 is 6.18 Å². The minimum absolute atomic E-state index is 0.0211. The smallest absolute Gasteiger partial charge is 0.389 e. The van der Waals surface area contributed by atoms with Crippen LogP contribution >= 0.6 is 11.3 Å². The van der Waals surface area contributed by atoms with Crippen molar-refractivity contribution in [3.05, 3.63) is 10.4 Å². The summed E-state index contributed by atoms with van der Waals surface area (Å²) in [7, 11) is 0. The van der Waals surface area contributed by atoms with Crippen LogP contribution in [0.1, 0.15) is 42.0 Å². The molecule has 0 amide bonds. The van der Waals surface area contributed by atoms with Crippen molar-refractivity contribution in [1.29, 1.82) is 5.26 Å². The van der Waals surface area contributed by atoms with Crippen LogP contribution in [0.4, 0.5) is 23.9 Å². The predicted octanol–water partition coefficient (Wildman–Crippen LogP) is 3.83. The summed E-state index contributed by atoms with van der Waals surface area (Å²) in [5, 5.41) is 12.7. The maximum absolute atomic E-state index is 12.0. The van der Waals surface area contributed by atoms with Crippen LogP contribution in [0, 0.1) is 11.3 Å². The van der Waals surface area contributed by atoms with E-state index in [1.807, 2.05) is 6.07 Å². The standard InChI is InChI=1S/C12H14F3N3S/c13-12(14,15)4-1-5-18-11-9(7-2-3-7)10(17)8(6-16)19-11/h7,18H,1-5,17H2. The van der Waals surface area contributed by atoms with Crippen LogP contribution in [0.2, 0.25) is 0 Å². The van der Waals surface area contributed by atoms with Gasteiger partial charge in [0, 0.05) is 18.5 Å². The van der Waals surface area contributed by atoms with Crippen LogP contribution in [0.3, 0.4) is 0 Å². The molecule has 2 rings (SSSR count). The number of rotatable bonds is 5. The van der Waals surface area contributed by atoms with Crippen molar-refractivity contribution in [2.24, 2.45) is 0 Å². The zero-order valence-corrected chi connectivity index (χ0v) is 11.0. The molecule has 0 aliphatic heterocycles. The van der Waals surface area contributed by atoms with Crippen molar-refractivity contribution in [3.63, 3.8) is 0 Å². The molecule has 0 spiro atoms. The SMILES string of the molecule is N#Cc1sc(NCCCC(F)(F)F)c(C2CC2)c1N. The van der Waals surface area contributed by atoms with Crippen LogP contribution in [0.15, 0.2) is 0 Å². The largest absolute Gasteiger partial charge is 0.397 e. The third-order valence-corrected chi connectivity index (χ3v) is 4.08. The fourth-order valence-corrected chi connectivity index (χ4v) is 2.97. The zero-order valence-electron chi connectivity index (χ0n) is 10.2. The van der Waals surface area contributed by atoms with Gasteiger partial charge in [-0.1, -0.05) is 0 Å². The molecular formula is C12H14F3N3S. The average molecular weight is 289 g/mol. The highest BCUT2D eigenvalue weighted by molar-refractivity contribution is 7.17. The van der Waals surface area contributed by atoms with Gasteiger partial charge in [0.15, 0.2) is 0 Å². The molecule has 0 unspecified atom stereocenters. The van der Waals surface area contributed by atoms with Crippen molar-refractivity contribution in [1.82, 2.24) is 0 Å². The second-order valence-electron chi connectivity index (χ2n) is 4.62. The Morgan fingerprint density at radius 1 is 1.42 bits per heavy atom. The van der Waals surface area contributed by atoms with E-state index in [1.54, 1.807) is 0 Å². The molecule has 0 saturated heterocycles. The molecule has 0 radical (unpaired) electrons. The van der Waals surface area contributed by atoms with Gasteiger partial charge < -0.3 is 11.1 Å². The van der Waals surface area contributed by atoms with Gasteiger partial charge in [0.05, 0.1) is 10.7 Å². The van der Waals surface area contributed by atoms with Gasteiger partial charge in [-0.3, -0.25) is 0 Å². The van der Waals surface area contributed by atoms with Crippen LogP contribution in [0.5, 0.6) is 0 Å². The second kappa shape index (κ2) is 5.29. The van der Waals surface area contributed by atoms with Crippen LogP contribution in [-0.2, 0) is 0 Å². The summed E-state index contributed by atoms with van der Waals surface area (Å²) >= 11 is 1.23. The number of hydrogen-bond acceptors (Lipinski definition) is 4. The number of nitrogens with zero attached hydrogens (tertiary/aromatic N) is 1. The zero-order chi connectivity index (χ0) is 14.0. The number of anilines is 2. The molecule has 1 aliphatic carbocycles. The molecule has 1 aliphatic rings. The van der Waals surface area contributed by atoms with Crippen molar-refractivity contribution >= 4 is 22.0 Å². The predicted molar refractivity (Wildman–Crippen MR) is 69.2 cm³/mol. The van der Waals surface area contributed by atoms with Crippen LogP contribution in [0.25, 0.3) is 0 Å². The Balaban J connectivity index is 1.98. The van der Waals surface area contributed by atoms with E-state index in [-0.39, 0.29) is 13.0 Å². The number of nitrogen functional groups attached to an aromatic ring is 1. The molecule has 3 N–H and O–H groups in total. The molecule has 104 valence electrons. The summed E-state index contributed by atoms with van der Waals surface area (Å²) in [6.07, 6.45) is -2.84. The van der Waals surface area contributed by atoms with Gasteiger partial charge in [-0.15, -0.1) is 11.3 Å². The lowest BCUT2D eigenvalue weighted by Gasteiger charge is -2.09. The molecule has 19 heavy (non-hydrogen) atoms. The number of thiophene rings is 1. The molecule has 1 aromatic rings. The molecule has 1 heterocycles. The highest BCUT2D eigenvalue weighted by Crippen LogP contribution is 2.50. The van der Waals surface area contributed by atoms with Crippen molar-refractivity contribution in [3.8, 4) is 6.07 Å². The van der Waals surface area contributed by atoms with Gasteiger partial charge in [0.25, 0.3) is 0 Å². The Kier molecular flexibility index (Phi) is 3.90. The van der Waals surface area contributed by atoms with E-state index < -0.39 is 12.6 Å². The highest BCUT2D eigenvalue weighted by atomic mass is 32.1. The fourth-order valence-electron chi connectivity index (χ4n) is 1.94. The minimum Gasteiger partial charge on any atom is -0.397 e. The van der Waals surface area contributed by atoms with E-state index in [0.717, 1.165) is 23.4 Å². The molecule has 7 heteroatoms. The van der Waals surface area contributed by atoms with E-state index in [0.29, 0.717) is 16.5 Å².